The molecule has 0 spiro atoms. The smallest absolute Gasteiger partial charge is 0.266 e. The second-order valence-corrected chi connectivity index (χ2v) is 8.64. The number of hydrogen-bond acceptors (Lipinski definition) is 4. The van der Waals surface area contributed by atoms with E-state index in [0.717, 1.165) is 20.3 Å². The minimum atomic E-state index is -0.457. The van der Waals surface area contributed by atoms with E-state index in [-0.39, 0.29) is 5.57 Å². The van der Waals surface area contributed by atoms with Crippen molar-refractivity contribution in [1.29, 1.82) is 5.26 Å². The summed E-state index contributed by atoms with van der Waals surface area (Å²) < 4.78 is 12.7. The molecule has 6 heteroatoms. The summed E-state index contributed by atoms with van der Waals surface area (Å²) in [7, 11) is 0. The number of carbonyl (C=O) groups excluding carboxylic acids is 1. The predicted octanol–water partition coefficient (Wildman–Crippen LogP) is 6.43. The number of aryl methyl sites for hydroxylation is 2. The number of amides is 1. The molecular formula is C27H25IN2O3. The van der Waals surface area contributed by atoms with Gasteiger partial charge in [0.1, 0.15) is 18.2 Å². The molecule has 0 fully saturated rings. The molecule has 0 aliphatic heterocycles. The topological polar surface area (TPSA) is 71.3 Å². The first-order valence-corrected chi connectivity index (χ1v) is 11.6. The largest absolute Gasteiger partial charge is 0.490 e. The average Bonchev–Trinajstić information content (AvgIpc) is 2.79. The Kier molecular flexibility index (Phi) is 8.50. The lowest BCUT2D eigenvalue weighted by atomic mass is 10.1. The van der Waals surface area contributed by atoms with Crippen molar-refractivity contribution in [3.8, 4) is 17.6 Å². The molecule has 0 saturated heterocycles. The summed E-state index contributed by atoms with van der Waals surface area (Å²) in [6, 6.07) is 21.3. The molecule has 0 unspecified atom stereocenters. The molecule has 3 aromatic rings. The van der Waals surface area contributed by atoms with Crippen molar-refractivity contribution in [2.24, 2.45) is 0 Å². The van der Waals surface area contributed by atoms with Crippen LogP contribution in [0.15, 0.2) is 66.2 Å². The normalized spacial score (nSPS) is 10.9. The second kappa shape index (κ2) is 11.5. The van der Waals surface area contributed by atoms with Crippen LogP contribution < -0.4 is 14.8 Å². The Balaban J connectivity index is 1.85. The maximum Gasteiger partial charge on any atom is 0.266 e. The van der Waals surface area contributed by atoms with E-state index in [1.165, 1.54) is 0 Å². The third kappa shape index (κ3) is 6.59. The van der Waals surface area contributed by atoms with Crippen molar-refractivity contribution >= 4 is 40.3 Å². The van der Waals surface area contributed by atoms with Crippen LogP contribution in [0.5, 0.6) is 11.5 Å². The van der Waals surface area contributed by atoms with Crippen molar-refractivity contribution in [1.82, 2.24) is 0 Å². The van der Waals surface area contributed by atoms with Gasteiger partial charge in [-0.1, -0.05) is 48.0 Å². The van der Waals surface area contributed by atoms with Gasteiger partial charge in [-0.2, -0.15) is 5.26 Å². The standard InChI is InChI=1S/C27H25IN2O3/c1-4-32-25-15-21(14-23(28)26(25)33-17-20-8-6-5-7-9-20)13-22(16-29)27(31)30-24-11-10-18(2)12-19(24)3/h5-15H,4,17H2,1-3H3,(H,30,31)/b22-13-. The highest BCUT2D eigenvalue weighted by molar-refractivity contribution is 14.1. The number of halogens is 1. The van der Waals surface area contributed by atoms with Crippen molar-refractivity contribution in [2.75, 3.05) is 11.9 Å². The van der Waals surface area contributed by atoms with Crippen molar-refractivity contribution < 1.29 is 14.3 Å². The Morgan fingerprint density at radius 3 is 2.52 bits per heavy atom. The molecule has 33 heavy (non-hydrogen) atoms. The lowest BCUT2D eigenvalue weighted by Gasteiger charge is -2.15. The Bertz CT molecular complexity index is 1210. The van der Waals surface area contributed by atoms with Gasteiger partial charge in [-0.25, -0.2) is 0 Å². The third-order valence-electron chi connectivity index (χ3n) is 4.86. The zero-order valence-electron chi connectivity index (χ0n) is 18.8. The van der Waals surface area contributed by atoms with Crippen LogP contribution in [-0.2, 0) is 11.4 Å². The second-order valence-electron chi connectivity index (χ2n) is 7.48. The van der Waals surface area contributed by atoms with Crippen LogP contribution in [0.3, 0.4) is 0 Å². The highest BCUT2D eigenvalue weighted by Crippen LogP contribution is 2.35. The van der Waals surface area contributed by atoms with Crippen LogP contribution in [0.1, 0.15) is 29.2 Å². The van der Waals surface area contributed by atoms with E-state index in [0.29, 0.717) is 36.0 Å². The number of nitrogens with one attached hydrogen (secondary N) is 1. The summed E-state index contributed by atoms with van der Waals surface area (Å²) in [4.78, 5) is 12.7. The van der Waals surface area contributed by atoms with Crippen molar-refractivity contribution in [2.45, 2.75) is 27.4 Å². The highest BCUT2D eigenvalue weighted by Gasteiger charge is 2.15. The Morgan fingerprint density at radius 2 is 1.85 bits per heavy atom. The molecular weight excluding hydrogens is 527 g/mol. The molecule has 168 valence electrons. The van der Waals surface area contributed by atoms with E-state index in [9.17, 15) is 10.1 Å². The molecule has 0 aliphatic carbocycles. The molecule has 0 saturated carbocycles. The molecule has 0 bridgehead atoms. The van der Waals surface area contributed by atoms with Gasteiger partial charge in [-0.15, -0.1) is 0 Å². The molecule has 0 aromatic heterocycles. The molecule has 1 N–H and O–H groups in total. The molecule has 0 radical (unpaired) electrons. The van der Waals surface area contributed by atoms with Gasteiger partial charge in [0.2, 0.25) is 0 Å². The summed E-state index contributed by atoms with van der Waals surface area (Å²) in [5.74, 6) is 0.747. The van der Waals surface area contributed by atoms with Gasteiger partial charge in [0, 0.05) is 5.69 Å². The van der Waals surface area contributed by atoms with Gasteiger partial charge >= 0.3 is 0 Å². The van der Waals surface area contributed by atoms with Crippen LogP contribution >= 0.6 is 22.6 Å². The van der Waals surface area contributed by atoms with E-state index in [1.807, 2.05) is 81.4 Å². The monoisotopic (exact) mass is 552 g/mol. The number of hydrogen-bond donors (Lipinski definition) is 1. The van der Waals surface area contributed by atoms with Gasteiger partial charge in [-0.05, 0) is 84.3 Å². The quantitative estimate of drug-likeness (QED) is 0.199. The zero-order chi connectivity index (χ0) is 23.8. The van der Waals surface area contributed by atoms with Crippen LogP contribution in [-0.4, -0.2) is 12.5 Å². The SMILES string of the molecule is CCOc1cc(/C=C(/C#N)C(=O)Nc2ccc(C)cc2C)cc(I)c1OCc1ccccc1. The summed E-state index contributed by atoms with van der Waals surface area (Å²) in [5, 5.41) is 12.4. The first kappa shape index (κ1) is 24.3. The molecule has 3 rings (SSSR count). The number of nitrogens with zero attached hydrogens (tertiary/aromatic N) is 1. The van der Waals surface area contributed by atoms with Crippen LogP contribution in [0.2, 0.25) is 0 Å². The van der Waals surface area contributed by atoms with E-state index in [2.05, 4.69) is 27.9 Å². The summed E-state index contributed by atoms with van der Waals surface area (Å²) in [5.41, 5.74) is 4.46. The molecule has 5 nitrogen and oxygen atoms in total. The maximum atomic E-state index is 12.7. The first-order valence-electron chi connectivity index (χ1n) is 10.5. The first-order chi connectivity index (χ1) is 15.9. The summed E-state index contributed by atoms with van der Waals surface area (Å²) in [6.45, 7) is 6.68. The average molecular weight is 552 g/mol. The lowest BCUT2D eigenvalue weighted by molar-refractivity contribution is -0.112. The maximum absolute atomic E-state index is 12.7. The van der Waals surface area contributed by atoms with Crippen LogP contribution in [0, 0.1) is 28.7 Å². The molecule has 0 heterocycles. The van der Waals surface area contributed by atoms with Crippen LogP contribution in [0.4, 0.5) is 5.69 Å². The fourth-order valence-corrected chi connectivity index (χ4v) is 4.04. The van der Waals surface area contributed by atoms with Crippen molar-refractivity contribution in [3.63, 3.8) is 0 Å². The summed E-state index contributed by atoms with van der Waals surface area (Å²) >= 11 is 2.18. The van der Waals surface area contributed by atoms with Crippen LogP contribution in [0.25, 0.3) is 6.08 Å². The highest BCUT2D eigenvalue weighted by atomic mass is 127. The minimum Gasteiger partial charge on any atom is -0.490 e. The Labute approximate surface area is 208 Å². The fraction of sp³-hybridized carbons (Fsp3) is 0.185. The van der Waals surface area contributed by atoms with Crippen molar-refractivity contribution in [3.05, 3.63) is 92.1 Å². The third-order valence-corrected chi connectivity index (χ3v) is 5.67. The van der Waals surface area contributed by atoms with Gasteiger partial charge in [-0.3, -0.25) is 4.79 Å². The summed E-state index contributed by atoms with van der Waals surface area (Å²) in [6.07, 6.45) is 1.56. The molecule has 0 atom stereocenters. The van der Waals surface area contributed by atoms with Gasteiger partial charge in [0.25, 0.3) is 5.91 Å². The van der Waals surface area contributed by atoms with E-state index < -0.39 is 5.91 Å². The van der Waals surface area contributed by atoms with Gasteiger partial charge in [0.15, 0.2) is 11.5 Å². The van der Waals surface area contributed by atoms with Gasteiger partial charge < -0.3 is 14.8 Å². The lowest BCUT2D eigenvalue weighted by Crippen LogP contribution is -2.14. The Hall–Kier alpha value is -3.31. The van der Waals surface area contributed by atoms with E-state index >= 15 is 0 Å². The number of anilines is 1. The molecule has 3 aromatic carbocycles. The van der Waals surface area contributed by atoms with E-state index in [1.54, 1.807) is 12.1 Å². The zero-order valence-corrected chi connectivity index (χ0v) is 21.0. The number of nitriles is 1. The minimum absolute atomic E-state index is 0.00572. The number of benzene rings is 3. The fourth-order valence-electron chi connectivity index (χ4n) is 3.26. The number of rotatable bonds is 8. The molecule has 0 aliphatic rings. The molecule has 1 amide bonds. The number of ether oxygens (including phenoxy) is 2. The van der Waals surface area contributed by atoms with E-state index in [4.69, 9.17) is 9.47 Å². The predicted molar refractivity (Wildman–Crippen MR) is 139 cm³/mol. The Morgan fingerprint density at radius 1 is 1.09 bits per heavy atom. The van der Waals surface area contributed by atoms with Gasteiger partial charge in [0.05, 0.1) is 10.2 Å². The number of carbonyl (C=O) groups is 1.